The van der Waals surface area contributed by atoms with Crippen molar-refractivity contribution < 1.29 is 18.3 Å². The quantitative estimate of drug-likeness (QED) is 0.757. The molecule has 0 aliphatic carbocycles. The van der Waals surface area contributed by atoms with Gasteiger partial charge >= 0.3 is 6.18 Å². The van der Waals surface area contributed by atoms with Gasteiger partial charge in [0, 0.05) is 29.7 Å². The number of rotatable bonds is 2. The van der Waals surface area contributed by atoms with E-state index >= 15 is 0 Å². The first-order valence-corrected chi connectivity index (χ1v) is 6.68. The van der Waals surface area contributed by atoms with E-state index < -0.39 is 17.6 Å². The molecular weight excluding hydrogens is 319 g/mol. The standard InChI is InChI=1S/C14H11ClF3N3O/c1-21-11(15)7-20-12(21)13(22,14(16,17)18)9-6-19-10-5-3-2-4-8(9)10/h2-7,19,22H,1H3. The molecule has 1 atom stereocenters. The molecule has 1 aromatic carbocycles. The van der Waals surface area contributed by atoms with Crippen LogP contribution in [-0.4, -0.2) is 25.8 Å². The van der Waals surface area contributed by atoms with Crippen LogP contribution < -0.4 is 0 Å². The highest BCUT2D eigenvalue weighted by Gasteiger charge is 2.60. The van der Waals surface area contributed by atoms with Gasteiger partial charge in [0.15, 0.2) is 5.82 Å². The summed E-state index contributed by atoms with van der Waals surface area (Å²) in [4.78, 5) is 6.40. The number of para-hydroxylation sites is 1. The van der Waals surface area contributed by atoms with Crippen LogP contribution in [0.2, 0.25) is 5.15 Å². The lowest BCUT2D eigenvalue weighted by molar-refractivity contribution is -0.251. The monoisotopic (exact) mass is 329 g/mol. The van der Waals surface area contributed by atoms with Crippen molar-refractivity contribution in [1.29, 1.82) is 0 Å². The molecule has 0 saturated heterocycles. The van der Waals surface area contributed by atoms with Crippen molar-refractivity contribution in [2.75, 3.05) is 0 Å². The molecule has 1 unspecified atom stereocenters. The number of aromatic nitrogens is 3. The van der Waals surface area contributed by atoms with Crippen LogP contribution in [0.25, 0.3) is 10.9 Å². The van der Waals surface area contributed by atoms with E-state index in [0.717, 1.165) is 17.0 Å². The number of nitrogens with one attached hydrogen (secondary N) is 1. The summed E-state index contributed by atoms with van der Waals surface area (Å²) in [6.07, 6.45) is -2.76. The van der Waals surface area contributed by atoms with Crippen LogP contribution in [0.1, 0.15) is 11.4 Å². The Labute approximate surface area is 128 Å². The Morgan fingerprint density at radius 2 is 1.95 bits per heavy atom. The number of benzene rings is 1. The molecule has 0 saturated carbocycles. The molecule has 3 rings (SSSR count). The van der Waals surface area contributed by atoms with Gasteiger partial charge in [-0.2, -0.15) is 13.2 Å². The maximum absolute atomic E-state index is 13.7. The van der Waals surface area contributed by atoms with Gasteiger partial charge < -0.3 is 14.7 Å². The first-order valence-electron chi connectivity index (χ1n) is 6.30. The molecule has 0 amide bonds. The maximum atomic E-state index is 13.7. The van der Waals surface area contributed by atoms with Crippen LogP contribution in [0.4, 0.5) is 13.2 Å². The van der Waals surface area contributed by atoms with Crippen LogP contribution in [0.15, 0.2) is 36.7 Å². The Morgan fingerprint density at radius 1 is 1.27 bits per heavy atom. The van der Waals surface area contributed by atoms with Crippen molar-refractivity contribution in [2.45, 2.75) is 11.8 Å². The van der Waals surface area contributed by atoms with Gasteiger partial charge in [0.05, 0.1) is 6.20 Å². The third kappa shape index (κ3) is 1.93. The number of halogens is 4. The lowest BCUT2D eigenvalue weighted by Gasteiger charge is -2.29. The van der Waals surface area contributed by atoms with Gasteiger partial charge in [-0.1, -0.05) is 29.8 Å². The van der Waals surface area contributed by atoms with Gasteiger partial charge in [-0.05, 0) is 6.07 Å². The summed E-state index contributed by atoms with van der Waals surface area (Å²) >= 11 is 5.78. The Balaban J connectivity index is 2.35. The van der Waals surface area contributed by atoms with Gasteiger partial charge in [-0.25, -0.2) is 4.98 Å². The van der Waals surface area contributed by atoms with Crippen LogP contribution in [0.5, 0.6) is 0 Å². The van der Waals surface area contributed by atoms with E-state index in [4.69, 9.17) is 11.6 Å². The summed E-state index contributed by atoms with van der Waals surface area (Å²) in [7, 11) is 1.32. The van der Waals surface area contributed by atoms with Crippen molar-refractivity contribution in [3.63, 3.8) is 0 Å². The van der Waals surface area contributed by atoms with Crippen LogP contribution in [0, 0.1) is 0 Å². The van der Waals surface area contributed by atoms with Crippen molar-refractivity contribution >= 4 is 22.5 Å². The number of aliphatic hydroxyl groups is 1. The van der Waals surface area contributed by atoms with Gasteiger partial charge in [0.2, 0.25) is 5.60 Å². The summed E-state index contributed by atoms with van der Waals surface area (Å²) in [6.45, 7) is 0. The molecule has 116 valence electrons. The molecule has 0 spiro atoms. The zero-order valence-corrected chi connectivity index (χ0v) is 12.1. The second-order valence-electron chi connectivity index (χ2n) is 4.92. The maximum Gasteiger partial charge on any atom is 0.428 e. The molecule has 2 N–H and O–H groups in total. The lowest BCUT2D eigenvalue weighted by atomic mass is 9.91. The number of H-pyrrole nitrogens is 1. The van der Waals surface area contributed by atoms with Crippen molar-refractivity contribution in [1.82, 2.24) is 14.5 Å². The molecule has 0 bridgehead atoms. The number of nitrogens with zero attached hydrogens (tertiary/aromatic N) is 2. The van der Waals surface area contributed by atoms with E-state index in [-0.39, 0.29) is 16.1 Å². The minimum Gasteiger partial charge on any atom is -0.370 e. The fraction of sp³-hybridized carbons (Fsp3) is 0.214. The highest BCUT2D eigenvalue weighted by molar-refractivity contribution is 6.29. The highest BCUT2D eigenvalue weighted by atomic mass is 35.5. The van der Waals surface area contributed by atoms with Crippen LogP contribution in [-0.2, 0) is 12.6 Å². The second-order valence-corrected chi connectivity index (χ2v) is 5.31. The molecule has 0 aliphatic rings. The third-order valence-electron chi connectivity index (χ3n) is 3.64. The summed E-state index contributed by atoms with van der Waals surface area (Å²) in [6, 6.07) is 6.41. The molecule has 3 aromatic rings. The van der Waals surface area contributed by atoms with E-state index in [1.54, 1.807) is 18.2 Å². The molecule has 0 fully saturated rings. The largest absolute Gasteiger partial charge is 0.428 e. The summed E-state index contributed by atoms with van der Waals surface area (Å²) in [5.41, 5.74) is -3.10. The Morgan fingerprint density at radius 3 is 2.55 bits per heavy atom. The Bertz CT molecular complexity index is 839. The summed E-state index contributed by atoms with van der Waals surface area (Å²) < 4.78 is 42.1. The smallest absolute Gasteiger partial charge is 0.370 e. The SMILES string of the molecule is Cn1c(Cl)cnc1C(O)(c1c[nH]c2ccccc12)C(F)(F)F. The number of alkyl halides is 3. The number of hydrogen-bond acceptors (Lipinski definition) is 2. The summed E-state index contributed by atoms with van der Waals surface area (Å²) in [5.74, 6) is -0.588. The third-order valence-corrected chi connectivity index (χ3v) is 4.00. The van der Waals surface area contributed by atoms with E-state index in [1.807, 2.05) is 0 Å². The minimum absolute atomic E-state index is 0.00230. The fourth-order valence-corrected chi connectivity index (χ4v) is 2.62. The van der Waals surface area contributed by atoms with E-state index in [9.17, 15) is 18.3 Å². The average molecular weight is 330 g/mol. The normalized spacial score (nSPS) is 15.2. The predicted molar refractivity (Wildman–Crippen MR) is 75.6 cm³/mol. The first kappa shape index (κ1) is 14.9. The number of aromatic amines is 1. The molecule has 0 radical (unpaired) electrons. The number of fused-ring (bicyclic) bond motifs is 1. The lowest BCUT2D eigenvalue weighted by Crippen LogP contribution is -2.45. The molecule has 2 aromatic heterocycles. The molecular formula is C14H11ClF3N3O. The van der Waals surface area contributed by atoms with Gasteiger partial charge in [-0.15, -0.1) is 0 Å². The van der Waals surface area contributed by atoms with Crippen molar-refractivity contribution in [3.8, 4) is 0 Å². The molecule has 2 heterocycles. The zero-order valence-electron chi connectivity index (χ0n) is 11.3. The van der Waals surface area contributed by atoms with Gasteiger partial charge in [0.1, 0.15) is 5.15 Å². The van der Waals surface area contributed by atoms with Gasteiger partial charge in [-0.3, -0.25) is 0 Å². The number of hydrogen-bond donors (Lipinski definition) is 2. The van der Waals surface area contributed by atoms with Crippen LogP contribution >= 0.6 is 11.6 Å². The van der Waals surface area contributed by atoms with Crippen LogP contribution in [0.3, 0.4) is 0 Å². The van der Waals surface area contributed by atoms with Crippen molar-refractivity contribution in [2.24, 2.45) is 7.05 Å². The Kier molecular flexibility index (Phi) is 3.23. The first-order chi connectivity index (χ1) is 10.3. The van der Waals surface area contributed by atoms with Gasteiger partial charge in [0.25, 0.3) is 0 Å². The van der Waals surface area contributed by atoms with Crippen molar-refractivity contribution in [3.05, 3.63) is 53.2 Å². The second kappa shape index (κ2) is 4.76. The molecule has 22 heavy (non-hydrogen) atoms. The minimum atomic E-state index is -4.97. The highest BCUT2D eigenvalue weighted by Crippen LogP contribution is 2.46. The fourth-order valence-electron chi connectivity index (χ4n) is 2.50. The molecule has 4 nitrogen and oxygen atoms in total. The Hall–Kier alpha value is -1.99. The topological polar surface area (TPSA) is 53.8 Å². The van der Waals surface area contributed by atoms with E-state index in [0.29, 0.717) is 5.52 Å². The van der Waals surface area contributed by atoms with E-state index in [2.05, 4.69) is 9.97 Å². The molecule has 0 aliphatic heterocycles. The molecule has 8 heteroatoms. The number of imidazole rings is 1. The summed E-state index contributed by atoms with van der Waals surface area (Å²) in [5, 5.41) is 10.8. The predicted octanol–water partition coefficient (Wildman–Crippen LogP) is 3.35. The zero-order chi connectivity index (χ0) is 16.1. The van der Waals surface area contributed by atoms with E-state index in [1.165, 1.54) is 13.1 Å². The average Bonchev–Trinajstić information content (AvgIpc) is 3.02.